The molecule has 2 fully saturated rings. The summed E-state index contributed by atoms with van der Waals surface area (Å²) in [5.74, 6) is 1.84. The monoisotopic (exact) mass is 415 g/mol. The first-order chi connectivity index (χ1) is 13.6. The Morgan fingerprint density at radius 1 is 1.14 bits per heavy atom. The van der Waals surface area contributed by atoms with E-state index >= 15 is 0 Å². The predicted octanol–water partition coefficient (Wildman–Crippen LogP) is 3.87. The molecule has 0 bridgehead atoms. The molecule has 2 aliphatic rings. The number of hydrogen-bond acceptors (Lipinski definition) is 5. The molecule has 0 N–H and O–H groups in total. The van der Waals surface area contributed by atoms with Gasteiger partial charge in [0.15, 0.2) is 9.84 Å². The van der Waals surface area contributed by atoms with Gasteiger partial charge >= 0.3 is 0 Å². The first-order valence-electron chi connectivity index (χ1n) is 10.0. The molecule has 3 aromatic rings. The van der Waals surface area contributed by atoms with Crippen LogP contribution < -0.4 is 0 Å². The van der Waals surface area contributed by atoms with E-state index in [4.69, 9.17) is 4.98 Å². The van der Waals surface area contributed by atoms with Crippen molar-refractivity contribution < 1.29 is 8.42 Å². The van der Waals surface area contributed by atoms with E-state index in [1.165, 1.54) is 17.7 Å². The molecule has 7 heteroatoms. The summed E-state index contributed by atoms with van der Waals surface area (Å²) in [6, 6.07) is 13.1. The molecule has 28 heavy (non-hydrogen) atoms. The van der Waals surface area contributed by atoms with Gasteiger partial charge in [0.2, 0.25) is 0 Å². The summed E-state index contributed by atoms with van der Waals surface area (Å²) in [6.45, 7) is 1.91. The smallest absolute Gasteiger partial charge is 0.150 e. The van der Waals surface area contributed by atoms with E-state index in [9.17, 15) is 8.42 Å². The number of nitrogens with zero attached hydrogens (tertiary/aromatic N) is 3. The second-order valence-corrected chi connectivity index (χ2v) is 11.3. The van der Waals surface area contributed by atoms with Crippen LogP contribution in [-0.4, -0.2) is 40.9 Å². The zero-order chi connectivity index (χ0) is 19.1. The lowest BCUT2D eigenvalue weighted by molar-refractivity contribution is 0.204. The largest absolute Gasteiger partial charge is 0.314 e. The van der Waals surface area contributed by atoms with Crippen molar-refractivity contribution in [3.05, 3.63) is 52.5 Å². The van der Waals surface area contributed by atoms with Crippen LogP contribution in [0.2, 0.25) is 0 Å². The SMILES string of the molecule is O=S1(=O)CC[C@@H](Cc2nc3ccccc3n2CN2CCC[C@H]2c2cccs2)C1. The highest BCUT2D eigenvalue weighted by Gasteiger charge is 2.31. The summed E-state index contributed by atoms with van der Waals surface area (Å²) in [7, 11) is -2.87. The molecule has 1 aromatic carbocycles. The Balaban J connectivity index is 1.46. The minimum absolute atomic E-state index is 0.187. The molecule has 2 aliphatic heterocycles. The Labute approximate surface area is 169 Å². The van der Waals surface area contributed by atoms with Gasteiger partial charge in [0, 0.05) is 23.9 Å². The Kier molecular flexibility index (Phi) is 4.77. The summed E-state index contributed by atoms with van der Waals surface area (Å²) in [4.78, 5) is 8.88. The average Bonchev–Trinajstić information content (AvgIpc) is 3.44. The van der Waals surface area contributed by atoms with E-state index in [-0.39, 0.29) is 5.92 Å². The van der Waals surface area contributed by atoms with Gasteiger partial charge in [0.1, 0.15) is 5.82 Å². The second kappa shape index (κ2) is 7.28. The first-order valence-corrected chi connectivity index (χ1v) is 12.7. The lowest BCUT2D eigenvalue weighted by atomic mass is 10.1. The van der Waals surface area contributed by atoms with Crippen molar-refractivity contribution in [2.24, 2.45) is 5.92 Å². The third-order valence-corrected chi connectivity index (χ3v) is 8.90. The summed E-state index contributed by atoms with van der Waals surface area (Å²) in [5, 5.41) is 2.16. The van der Waals surface area contributed by atoms with Crippen LogP contribution in [0.1, 0.15) is 36.0 Å². The van der Waals surface area contributed by atoms with Crippen molar-refractivity contribution in [2.75, 3.05) is 18.1 Å². The van der Waals surface area contributed by atoms with Crippen molar-refractivity contribution in [3.63, 3.8) is 0 Å². The molecular formula is C21H25N3O2S2. The molecule has 2 aromatic heterocycles. The standard InChI is InChI=1S/C21H25N3O2S2/c25-28(26)12-9-16(14-28)13-21-22-17-5-1-2-6-18(17)24(21)15-23-10-3-7-19(23)20-8-4-11-27-20/h1-2,4-6,8,11,16,19H,3,7,9-10,12-15H2/t16-,19-/m0/s1. The van der Waals surface area contributed by atoms with Gasteiger partial charge in [-0.3, -0.25) is 4.90 Å². The Morgan fingerprint density at radius 2 is 2.04 bits per heavy atom. The van der Waals surface area contributed by atoms with Gasteiger partial charge in [-0.25, -0.2) is 13.4 Å². The Hall–Kier alpha value is -1.70. The van der Waals surface area contributed by atoms with Crippen LogP contribution in [0.4, 0.5) is 0 Å². The van der Waals surface area contributed by atoms with Gasteiger partial charge in [-0.1, -0.05) is 18.2 Å². The minimum atomic E-state index is -2.87. The van der Waals surface area contributed by atoms with Gasteiger partial charge in [-0.2, -0.15) is 0 Å². The van der Waals surface area contributed by atoms with Gasteiger partial charge < -0.3 is 4.57 Å². The highest BCUT2D eigenvalue weighted by Crippen LogP contribution is 2.35. The van der Waals surface area contributed by atoms with Crippen molar-refractivity contribution in [1.29, 1.82) is 0 Å². The molecular weight excluding hydrogens is 390 g/mol. The number of rotatable bonds is 5. The number of benzene rings is 1. The molecule has 5 nitrogen and oxygen atoms in total. The fraction of sp³-hybridized carbons (Fsp3) is 0.476. The van der Waals surface area contributed by atoms with Crippen molar-refractivity contribution >= 4 is 32.2 Å². The van der Waals surface area contributed by atoms with Crippen LogP contribution in [0.5, 0.6) is 0 Å². The first kappa shape index (κ1) is 18.3. The summed E-state index contributed by atoms with van der Waals surface area (Å²) in [5.41, 5.74) is 2.15. The van der Waals surface area contributed by atoms with E-state index < -0.39 is 9.84 Å². The van der Waals surface area contributed by atoms with Crippen LogP contribution in [0.25, 0.3) is 11.0 Å². The third kappa shape index (κ3) is 3.51. The lowest BCUT2D eigenvalue weighted by Gasteiger charge is -2.25. The zero-order valence-corrected chi connectivity index (χ0v) is 17.5. The fourth-order valence-electron chi connectivity index (χ4n) is 4.71. The summed E-state index contributed by atoms with van der Waals surface area (Å²) in [6.07, 6.45) is 3.91. The van der Waals surface area contributed by atoms with Gasteiger partial charge in [0.25, 0.3) is 0 Å². The molecule has 2 saturated heterocycles. The second-order valence-electron chi connectivity index (χ2n) is 8.05. The van der Waals surface area contributed by atoms with Gasteiger partial charge in [-0.15, -0.1) is 11.3 Å². The molecule has 2 atom stereocenters. The number of para-hydroxylation sites is 2. The number of imidazole rings is 1. The van der Waals surface area contributed by atoms with Crippen LogP contribution in [0.3, 0.4) is 0 Å². The van der Waals surface area contributed by atoms with Crippen LogP contribution in [0, 0.1) is 5.92 Å². The topological polar surface area (TPSA) is 55.2 Å². The number of fused-ring (bicyclic) bond motifs is 1. The predicted molar refractivity (Wildman–Crippen MR) is 113 cm³/mol. The third-order valence-electron chi connectivity index (χ3n) is 6.09. The van der Waals surface area contributed by atoms with E-state index in [0.29, 0.717) is 17.5 Å². The summed E-state index contributed by atoms with van der Waals surface area (Å²) >= 11 is 1.84. The van der Waals surface area contributed by atoms with Gasteiger partial charge in [-0.05, 0) is 48.8 Å². The average molecular weight is 416 g/mol. The van der Waals surface area contributed by atoms with E-state index in [1.807, 2.05) is 17.4 Å². The van der Waals surface area contributed by atoms with Crippen LogP contribution >= 0.6 is 11.3 Å². The molecule has 0 radical (unpaired) electrons. The molecule has 0 amide bonds. The van der Waals surface area contributed by atoms with Crippen molar-refractivity contribution in [3.8, 4) is 0 Å². The number of thiophene rings is 1. The maximum Gasteiger partial charge on any atom is 0.150 e. The quantitative estimate of drug-likeness (QED) is 0.635. The number of hydrogen-bond donors (Lipinski definition) is 0. The number of sulfone groups is 1. The highest BCUT2D eigenvalue weighted by molar-refractivity contribution is 7.91. The number of likely N-dealkylation sites (tertiary alicyclic amines) is 1. The summed E-state index contributed by atoms with van der Waals surface area (Å²) < 4.78 is 26.1. The maximum absolute atomic E-state index is 11.9. The molecule has 5 rings (SSSR count). The number of aromatic nitrogens is 2. The fourth-order valence-corrected chi connectivity index (χ4v) is 7.47. The molecule has 0 unspecified atom stereocenters. The minimum Gasteiger partial charge on any atom is -0.314 e. The van der Waals surface area contributed by atoms with Crippen LogP contribution in [-0.2, 0) is 22.9 Å². The van der Waals surface area contributed by atoms with E-state index in [2.05, 4.69) is 45.2 Å². The molecule has 0 saturated carbocycles. The van der Waals surface area contributed by atoms with Gasteiger partial charge in [0.05, 0.1) is 29.2 Å². The lowest BCUT2D eigenvalue weighted by Crippen LogP contribution is -2.27. The van der Waals surface area contributed by atoms with Crippen molar-refractivity contribution in [2.45, 2.75) is 38.4 Å². The zero-order valence-electron chi connectivity index (χ0n) is 15.8. The van der Waals surface area contributed by atoms with Crippen molar-refractivity contribution in [1.82, 2.24) is 14.5 Å². The maximum atomic E-state index is 11.9. The van der Waals surface area contributed by atoms with Crippen LogP contribution in [0.15, 0.2) is 41.8 Å². The molecule has 0 spiro atoms. The van der Waals surface area contributed by atoms with E-state index in [1.54, 1.807) is 0 Å². The Morgan fingerprint density at radius 3 is 2.82 bits per heavy atom. The highest BCUT2D eigenvalue weighted by atomic mass is 32.2. The van der Waals surface area contributed by atoms with E-state index in [0.717, 1.165) is 42.9 Å². The molecule has 148 valence electrons. The molecule has 0 aliphatic carbocycles. The normalized spacial score (nSPS) is 25.0. The molecule has 4 heterocycles. The Bertz CT molecular complexity index is 1070.